The van der Waals surface area contributed by atoms with E-state index in [4.69, 9.17) is 9.47 Å². The number of Topliss-reactive ketones (excluding diaryl/α,β-unsaturated/α-hetero) is 1. The van der Waals surface area contributed by atoms with E-state index in [1.54, 1.807) is 42.5 Å². The molecule has 3 aromatic rings. The number of carbonyl (C=O) groups is 2. The minimum Gasteiger partial charge on any atom is -0.502 e. The van der Waals surface area contributed by atoms with Crippen molar-refractivity contribution in [3.05, 3.63) is 102 Å². The predicted molar refractivity (Wildman–Crippen MR) is 144 cm³/mol. The molecule has 0 bridgehead atoms. The molecule has 2 heterocycles. The van der Waals surface area contributed by atoms with Crippen molar-refractivity contribution in [1.82, 2.24) is 13.9 Å². The van der Waals surface area contributed by atoms with Gasteiger partial charge in [0.2, 0.25) is 5.75 Å². The van der Waals surface area contributed by atoms with Crippen LogP contribution in [-0.4, -0.2) is 44.8 Å². The van der Waals surface area contributed by atoms with Crippen molar-refractivity contribution in [3.8, 4) is 22.9 Å². The molecule has 0 radical (unpaired) electrons. The summed E-state index contributed by atoms with van der Waals surface area (Å²) in [6.45, 7) is 0.0902. The fraction of sp³-hybridized carbons (Fsp3) is 0.214. The smallest absolute Gasteiger partial charge is 0.352 e. The van der Waals surface area contributed by atoms with Crippen molar-refractivity contribution in [2.75, 3.05) is 14.2 Å². The number of halogens is 1. The van der Waals surface area contributed by atoms with E-state index in [1.807, 2.05) is 6.08 Å². The van der Waals surface area contributed by atoms with Gasteiger partial charge in [-0.15, -0.1) is 0 Å². The maximum Gasteiger partial charge on any atom is 0.352 e. The molecule has 6 rings (SSSR count). The summed E-state index contributed by atoms with van der Waals surface area (Å²) in [5, 5.41) is 10.5. The van der Waals surface area contributed by atoms with Gasteiger partial charge in [-0.05, 0) is 51.3 Å². The van der Waals surface area contributed by atoms with Crippen LogP contribution in [0.25, 0.3) is 5.69 Å². The van der Waals surface area contributed by atoms with Gasteiger partial charge in [0.15, 0.2) is 23.1 Å². The molecule has 0 amide bonds. The number of benzene rings is 2. The van der Waals surface area contributed by atoms with Crippen molar-refractivity contribution in [2.24, 2.45) is 0 Å². The van der Waals surface area contributed by atoms with E-state index >= 15 is 0 Å². The van der Waals surface area contributed by atoms with Gasteiger partial charge in [0, 0.05) is 29.6 Å². The van der Waals surface area contributed by atoms with Crippen LogP contribution in [0.5, 0.6) is 17.2 Å². The van der Waals surface area contributed by atoms with E-state index in [0.717, 1.165) is 4.57 Å². The summed E-state index contributed by atoms with van der Waals surface area (Å²) in [5.41, 5.74) is 1.14. The lowest BCUT2D eigenvalue weighted by molar-refractivity contribution is -0.115. The van der Waals surface area contributed by atoms with Crippen molar-refractivity contribution < 1.29 is 24.2 Å². The summed E-state index contributed by atoms with van der Waals surface area (Å²) in [4.78, 5) is 53.9. The first-order chi connectivity index (χ1) is 18.8. The lowest BCUT2D eigenvalue weighted by Gasteiger charge is -2.39. The summed E-state index contributed by atoms with van der Waals surface area (Å²) < 4.78 is 14.7. The number of aromatic nitrogens is 3. The number of nitrogens with zero attached hydrogens (tertiary/aromatic N) is 3. The van der Waals surface area contributed by atoms with Crippen LogP contribution in [0.4, 0.5) is 0 Å². The molecule has 1 aromatic heterocycles. The number of methoxy groups -OCH3 is 2. The Kier molecular flexibility index (Phi) is 5.83. The molecule has 0 unspecified atom stereocenters. The summed E-state index contributed by atoms with van der Waals surface area (Å²) in [6.07, 6.45) is 3.13. The van der Waals surface area contributed by atoms with Crippen LogP contribution in [0.2, 0.25) is 0 Å². The van der Waals surface area contributed by atoms with Crippen LogP contribution in [0.1, 0.15) is 23.9 Å². The Morgan fingerprint density at radius 3 is 2.28 bits per heavy atom. The number of hydrogen-bond donors (Lipinski definition) is 1. The lowest BCUT2D eigenvalue weighted by Crippen LogP contribution is -2.40. The van der Waals surface area contributed by atoms with Gasteiger partial charge in [0.25, 0.3) is 0 Å². The summed E-state index contributed by atoms with van der Waals surface area (Å²) >= 11 is 3.21. The number of carbonyl (C=O) groups excluding carboxylic acids is 2. The number of para-hydroxylation sites is 1. The molecule has 39 heavy (non-hydrogen) atoms. The molecule has 0 saturated heterocycles. The molecular weight excluding hydrogens is 570 g/mol. The average molecular weight is 592 g/mol. The third-order valence-corrected chi connectivity index (χ3v) is 8.04. The van der Waals surface area contributed by atoms with Crippen LogP contribution >= 0.6 is 15.9 Å². The van der Waals surface area contributed by atoms with Crippen molar-refractivity contribution in [3.63, 3.8) is 0 Å². The minimum absolute atomic E-state index is 0.0513. The van der Waals surface area contributed by atoms with E-state index in [0.29, 0.717) is 16.8 Å². The van der Waals surface area contributed by atoms with E-state index in [1.165, 1.54) is 29.7 Å². The largest absolute Gasteiger partial charge is 0.502 e. The van der Waals surface area contributed by atoms with E-state index in [9.17, 15) is 24.3 Å². The van der Waals surface area contributed by atoms with Gasteiger partial charge in [0.05, 0.1) is 37.0 Å². The second-order valence-electron chi connectivity index (χ2n) is 9.37. The highest BCUT2D eigenvalue weighted by molar-refractivity contribution is 9.12. The van der Waals surface area contributed by atoms with E-state index < -0.39 is 23.3 Å². The third kappa shape index (κ3) is 3.60. The van der Waals surface area contributed by atoms with Gasteiger partial charge in [0.1, 0.15) is 0 Å². The highest BCUT2D eigenvalue weighted by atomic mass is 79.9. The molecule has 1 N–H and O–H groups in total. The fourth-order valence-electron chi connectivity index (χ4n) is 5.74. The number of hydrogen-bond acceptors (Lipinski definition) is 7. The van der Waals surface area contributed by atoms with Crippen LogP contribution in [0, 0.1) is 0 Å². The highest BCUT2D eigenvalue weighted by Crippen LogP contribution is 2.52. The molecule has 10 nitrogen and oxygen atoms in total. The Morgan fingerprint density at radius 2 is 1.64 bits per heavy atom. The highest BCUT2D eigenvalue weighted by Gasteiger charge is 2.45. The number of ketones is 2. The van der Waals surface area contributed by atoms with Crippen LogP contribution in [0.3, 0.4) is 0 Å². The number of allylic oxidation sites excluding steroid dienone is 6. The first-order valence-corrected chi connectivity index (χ1v) is 12.9. The Balaban J connectivity index is 1.61. The SMILES string of the molecule is COc1cc([C@H]2C3=CCn4c(=O)n(-c5ccccc5)c(=O)n4[C@@H]3CC3=C2C(=O)C=C(Br)C3=O)cc(OC)c1O. The maximum absolute atomic E-state index is 13.8. The molecule has 2 aliphatic carbocycles. The van der Waals surface area contributed by atoms with Crippen molar-refractivity contribution in [2.45, 2.75) is 24.9 Å². The molecule has 0 saturated carbocycles. The van der Waals surface area contributed by atoms with Crippen molar-refractivity contribution in [1.29, 1.82) is 0 Å². The number of phenolic OH excluding ortho intramolecular Hbond substituents is 1. The van der Waals surface area contributed by atoms with E-state index in [2.05, 4.69) is 15.9 Å². The monoisotopic (exact) mass is 591 g/mol. The zero-order valence-corrected chi connectivity index (χ0v) is 22.5. The second kappa shape index (κ2) is 9.12. The molecule has 198 valence electrons. The summed E-state index contributed by atoms with van der Waals surface area (Å²) in [6, 6.07) is 11.1. The molecule has 3 aliphatic rings. The van der Waals surface area contributed by atoms with Gasteiger partial charge in [-0.2, -0.15) is 0 Å². The van der Waals surface area contributed by atoms with Crippen molar-refractivity contribution >= 4 is 27.5 Å². The zero-order valence-electron chi connectivity index (χ0n) is 20.9. The third-order valence-electron chi connectivity index (χ3n) is 7.45. The second-order valence-corrected chi connectivity index (χ2v) is 10.2. The van der Waals surface area contributed by atoms with Crippen LogP contribution < -0.4 is 20.9 Å². The molecule has 0 spiro atoms. The van der Waals surface area contributed by atoms with Gasteiger partial charge in [-0.3, -0.25) is 9.59 Å². The average Bonchev–Trinajstić information content (AvgIpc) is 3.20. The molecule has 2 atom stereocenters. The molecule has 11 heteroatoms. The standard InChI is InChI=1S/C28H22BrN3O7/c1-38-21-10-14(11-22(39-2)26(21)35)23-16-8-9-30-27(36)31(15-6-4-3-5-7-15)28(37)32(30)19(16)12-17-24(23)20(33)13-18(29)25(17)34/h3-8,10-11,13,19,23,35H,9,12H2,1-2H3/t19-,23+/m1/s1. The maximum atomic E-state index is 13.8. The summed E-state index contributed by atoms with van der Waals surface area (Å²) in [7, 11) is 2.79. The van der Waals surface area contributed by atoms with Gasteiger partial charge in [-0.25, -0.2) is 23.5 Å². The Morgan fingerprint density at radius 1 is 0.974 bits per heavy atom. The van der Waals surface area contributed by atoms with Crippen LogP contribution in [0.15, 0.2) is 85.4 Å². The minimum atomic E-state index is -0.758. The van der Waals surface area contributed by atoms with Crippen LogP contribution in [-0.2, 0) is 16.1 Å². The fourth-order valence-corrected chi connectivity index (χ4v) is 6.18. The Hall–Kier alpha value is -4.38. The molecule has 2 aromatic carbocycles. The number of rotatable bonds is 4. The lowest BCUT2D eigenvalue weighted by atomic mass is 9.69. The Labute approximate surface area is 229 Å². The van der Waals surface area contributed by atoms with Gasteiger partial charge < -0.3 is 14.6 Å². The first-order valence-electron chi connectivity index (χ1n) is 12.1. The summed E-state index contributed by atoms with van der Waals surface area (Å²) in [5.74, 6) is -1.42. The number of ether oxygens (including phenoxy) is 2. The molecule has 0 fully saturated rings. The zero-order chi connectivity index (χ0) is 27.6. The Bertz CT molecular complexity index is 1760. The van der Waals surface area contributed by atoms with Gasteiger partial charge in [-0.1, -0.05) is 24.3 Å². The quantitative estimate of drug-likeness (QED) is 0.365. The predicted octanol–water partition coefficient (Wildman–Crippen LogP) is 2.92. The van der Waals surface area contributed by atoms with E-state index in [-0.39, 0.29) is 57.4 Å². The molecule has 1 aliphatic heterocycles. The molecular formula is C28H22BrN3O7. The van der Waals surface area contributed by atoms with Gasteiger partial charge >= 0.3 is 11.4 Å². The number of phenols is 1. The number of fused-ring (bicyclic) bond motifs is 3. The topological polar surface area (TPSA) is 122 Å². The number of aromatic hydroxyl groups is 1. The normalized spacial score (nSPS) is 20.1. The first kappa shape index (κ1) is 24.9.